The number of imidazole rings is 1. The van der Waals surface area contributed by atoms with Crippen molar-refractivity contribution >= 4 is 11.3 Å². The lowest BCUT2D eigenvalue weighted by Gasteiger charge is -2.16. The van der Waals surface area contributed by atoms with Crippen LogP contribution in [0, 0.1) is 11.3 Å². The molecule has 0 fully saturated rings. The third-order valence-corrected chi connectivity index (χ3v) is 2.87. The first-order valence-electron chi connectivity index (χ1n) is 5.91. The van der Waals surface area contributed by atoms with Gasteiger partial charge in [0, 0.05) is 27.1 Å². The molecule has 2 aromatic heterocycles. The van der Waals surface area contributed by atoms with E-state index in [2.05, 4.69) is 20.8 Å². The highest BCUT2D eigenvalue weighted by Gasteiger charge is 2.13. The zero-order chi connectivity index (χ0) is 13.1. The molecule has 0 aliphatic carbocycles. The molecule has 0 saturated carbocycles. The molecular formula is C13H17N5. The Balaban J connectivity index is 2.66. The van der Waals surface area contributed by atoms with Crippen molar-refractivity contribution in [3.05, 3.63) is 29.7 Å². The minimum Gasteiger partial charge on any atom is -0.364 e. The fourth-order valence-corrected chi connectivity index (χ4v) is 2.03. The predicted octanol–water partition coefficient (Wildman–Crippen LogP) is 1.03. The van der Waals surface area contributed by atoms with E-state index in [4.69, 9.17) is 5.26 Å². The Kier molecular flexibility index (Phi) is 3.49. The maximum atomic E-state index is 9.15. The van der Waals surface area contributed by atoms with Crippen LogP contribution in [0.4, 0.5) is 5.82 Å². The number of pyridine rings is 1. The van der Waals surface area contributed by atoms with E-state index in [1.807, 2.05) is 44.2 Å². The molecule has 0 spiro atoms. The minimum atomic E-state index is 0.491. The summed E-state index contributed by atoms with van der Waals surface area (Å²) in [6, 6.07) is 8.07. The van der Waals surface area contributed by atoms with Gasteiger partial charge in [-0.05, 0) is 19.2 Å². The molecule has 0 aliphatic heterocycles. The van der Waals surface area contributed by atoms with Gasteiger partial charge in [-0.2, -0.15) is 5.26 Å². The highest BCUT2D eigenvalue weighted by molar-refractivity contribution is 5.63. The quantitative estimate of drug-likeness (QED) is 0.871. The van der Waals surface area contributed by atoms with Gasteiger partial charge in [-0.15, -0.1) is 0 Å². The molecule has 0 unspecified atom stereocenters. The number of nitrogens with one attached hydrogen (secondary N) is 1. The Morgan fingerprint density at radius 3 is 2.83 bits per heavy atom. The van der Waals surface area contributed by atoms with E-state index < -0.39 is 0 Å². The number of hydrogen-bond acceptors (Lipinski definition) is 4. The number of aromatic nitrogens is 2. The molecule has 0 bridgehead atoms. The van der Waals surface area contributed by atoms with E-state index in [-0.39, 0.29) is 0 Å². The first kappa shape index (κ1) is 12.4. The van der Waals surface area contributed by atoms with Crippen LogP contribution in [-0.2, 0) is 6.42 Å². The van der Waals surface area contributed by atoms with Crippen LogP contribution in [0.2, 0.25) is 0 Å². The molecule has 0 amide bonds. The van der Waals surface area contributed by atoms with Gasteiger partial charge >= 0.3 is 0 Å². The number of rotatable bonds is 4. The predicted molar refractivity (Wildman–Crippen MR) is 71.9 cm³/mol. The summed E-state index contributed by atoms with van der Waals surface area (Å²) in [6.07, 6.45) is 0.796. The molecule has 0 saturated heterocycles. The standard InChI is InChI=1S/C13H17N5/c1-15-8-7-12-16-10(9-14)11-5-4-6-13(17(2)3)18(11)12/h4-6,15H,7-8H2,1-3H3. The molecule has 0 radical (unpaired) electrons. The molecule has 5 heteroatoms. The molecule has 18 heavy (non-hydrogen) atoms. The minimum absolute atomic E-state index is 0.491. The van der Waals surface area contributed by atoms with Crippen LogP contribution in [-0.4, -0.2) is 37.1 Å². The second-order valence-electron chi connectivity index (χ2n) is 4.34. The molecule has 94 valence electrons. The Hall–Kier alpha value is -2.06. The van der Waals surface area contributed by atoms with Gasteiger partial charge in [-0.3, -0.25) is 4.40 Å². The summed E-state index contributed by atoms with van der Waals surface area (Å²) in [5.74, 6) is 1.95. The lowest BCUT2D eigenvalue weighted by Crippen LogP contribution is -2.16. The van der Waals surface area contributed by atoms with Crippen molar-refractivity contribution in [2.75, 3.05) is 32.6 Å². The van der Waals surface area contributed by atoms with Gasteiger partial charge in [0.2, 0.25) is 0 Å². The number of likely N-dealkylation sites (N-methyl/N-ethyl adjacent to an activating group) is 1. The summed E-state index contributed by atoms with van der Waals surface area (Å²) in [6.45, 7) is 0.839. The first-order chi connectivity index (χ1) is 8.69. The maximum Gasteiger partial charge on any atom is 0.166 e. The summed E-state index contributed by atoms with van der Waals surface area (Å²) in [7, 11) is 5.89. The van der Waals surface area contributed by atoms with Crippen LogP contribution in [0.25, 0.3) is 5.52 Å². The zero-order valence-corrected chi connectivity index (χ0v) is 10.9. The topological polar surface area (TPSA) is 56.4 Å². The van der Waals surface area contributed by atoms with Crippen molar-refractivity contribution in [1.29, 1.82) is 5.26 Å². The molecule has 2 aromatic rings. The van der Waals surface area contributed by atoms with Crippen molar-refractivity contribution in [2.24, 2.45) is 0 Å². The number of hydrogen-bond donors (Lipinski definition) is 1. The largest absolute Gasteiger partial charge is 0.364 e. The van der Waals surface area contributed by atoms with Crippen molar-refractivity contribution in [2.45, 2.75) is 6.42 Å². The third-order valence-electron chi connectivity index (χ3n) is 2.87. The molecule has 5 nitrogen and oxygen atoms in total. The van der Waals surface area contributed by atoms with Crippen LogP contribution in [0.5, 0.6) is 0 Å². The molecule has 1 N–H and O–H groups in total. The lowest BCUT2D eigenvalue weighted by atomic mass is 10.3. The Bertz CT molecular complexity index is 591. The highest BCUT2D eigenvalue weighted by atomic mass is 15.2. The van der Waals surface area contributed by atoms with E-state index in [0.717, 1.165) is 30.1 Å². The molecule has 0 aromatic carbocycles. The monoisotopic (exact) mass is 243 g/mol. The van der Waals surface area contributed by atoms with Gasteiger partial charge < -0.3 is 10.2 Å². The Morgan fingerprint density at radius 1 is 1.44 bits per heavy atom. The number of nitriles is 1. The van der Waals surface area contributed by atoms with Gasteiger partial charge in [0.15, 0.2) is 5.69 Å². The summed E-state index contributed by atoms with van der Waals surface area (Å²) in [5.41, 5.74) is 1.36. The van der Waals surface area contributed by atoms with Gasteiger partial charge in [0.05, 0.1) is 5.52 Å². The first-order valence-corrected chi connectivity index (χ1v) is 5.91. The number of anilines is 1. The summed E-state index contributed by atoms with van der Waals surface area (Å²) in [5, 5.41) is 12.3. The Morgan fingerprint density at radius 2 is 2.22 bits per heavy atom. The van der Waals surface area contributed by atoms with Crippen LogP contribution in [0.1, 0.15) is 11.5 Å². The van der Waals surface area contributed by atoms with Crippen LogP contribution in [0.15, 0.2) is 18.2 Å². The fraction of sp³-hybridized carbons (Fsp3) is 0.385. The molecule has 0 aliphatic rings. The molecule has 2 rings (SSSR count). The van der Waals surface area contributed by atoms with Crippen LogP contribution in [0.3, 0.4) is 0 Å². The van der Waals surface area contributed by atoms with Crippen molar-refractivity contribution < 1.29 is 0 Å². The Labute approximate surface area is 107 Å². The summed E-state index contributed by atoms with van der Waals surface area (Å²) >= 11 is 0. The SMILES string of the molecule is CNCCc1nc(C#N)c2cccc(N(C)C)n12. The van der Waals surface area contributed by atoms with E-state index in [1.165, 1.54) is 0 Å². The maximum absolute atomic E-state index is 9.15. The lowest BCUT2D eigenvalue weighted by molar-refractivity contribution is 0.751. The smallest absolute Gasteiger partial charge is 0.166 e. The average Bonchev–Trinajstić information content (AvgIpc) is 2.74. The van der Waals surface area contributed by atoms with Crippen molar-refractivity contribution in [1.82, 2.24) is 14.7 Å². The summed E-state index contributed by atoms with van der Waals surface area (Å²) in [4.78, 5) is 6.45. The van der Waals surface area contributed by atoms with Gasteiger partial charge in [-0.1, -0.05) is 6.07 Å². The second kappa shape index (κ2) is 5.07. The van der Waals surface area contributed by atoms with Crippen molar-refractivity contribution in [3.8, 4) is 6.07 Å². The molecule has 0 atom stereocenters. The third kappa shape index (κ3) is 2.03. The molecule has 2 heterocycles. The van der Waals surface area contributed by atoms with E-state index in [0.29, 0.717) is 5.69 Å². The van der Waals surface area contributed by atoms with Gasteiger partial charge in [0.1, 0.15) is 17.7 Å². The van der Waals surface area contributed by atoms with Crippen LogP contribution < -0.4 is 10.2 Å². The van der Waals surface area contributed by atoms with E-state index in [1.54, 1.807) is 0 Å². The van der Waals surface area contributed by atoms with Crippen LogP contribution >= 0.6 is 0 Å². The van der Waals surface area contributed by atoms with E-state index >= 15 is 0 Å². The van der Waals surface area contributed by atoms with Gasteiger partial charge in [-0.25, -0.2) is 4.98 Å². The highest BCUT2D eigenvalue weighted by Crippen LogP contribution is 2.20. The molecular weight excluding hydrogens is 226 g/mol. The average molecular weight is 243 g/mol. The second-order valence-corrected chi connectivity index (χ2v) is 4.34. The van der Waals surface area contributed by atoms with Crippen molar-refractivity contribution in [3.63, 3.8) is 0 Å². The number of fused-ring (bicyclic) bond motifs is 1. The normalized spacial score (nSPS) is 10.6. The zero-order valence-electron chi connectivity index (χ0n) is 10.9. The van der Waals surface area contributed by atoms with Gasteiger partial charge in [0.25, 0.3) is 0 Å². The van der Waals surface area contributed by atoms with E-state index in [9.17, 15) is 0 Å². The summed E-state index contributed by atoms with van der Waals surface area (Å²) < 4.78 is 2.05. The fourth-order valence-electron chi connectivity index (χ4n) is 2.03. The number of nitrogens with zero attached hydrogens (tertiary/aromatic N) is 4.